The van der Waals surface area contributed by atoms with Crippen LogP contribution in [-0.4, -0.2) is 64.7 Å². The molecule has 0 aliphatic carbocycles. The molecule has 0 fully saturated rings. The minimum absolute atomic E-state index is 0.0463. The van der Waals surface area contributed by atoms with Crippen LogP contribution in [0.3, 0.4) is 0 Å². The number of aromatic nitrogens is 1. The molecule has 12 heteroatoms. The summed E-state index contributed by atoms with van der Waals surface area (Å²) in [5, 5.41) is 15.1. The van der Waals surface area contributed by atoms with E-state index in [1.807, 2.05) is 0 Å². The molecule has 1 aliphatic heterocycles. The Kier molecular flexibility index (Phi) is 7.42. The molecule has 0 bridgehead atoms. The molecule has 0 spiro atoms. The number of rotatable bonds is 8. The average Bonchev–Trinajstić information content (AvgIpc) is 2.89. The van der Waals surface area contributed by atoms with Gasteiger partial charge in [0.15, 0.2) is 6.17 Å². The number of nitrogens with one attached hydrogen (secondary N) is 2. The lowest BCUT2D eigenvalue weighted by Gasteiger charge is -2.41. The van der Waals surface area contributed by atoms with E-state index in [9.17, 15) is 28.8 Å². The molecule has 2 aromatic carbocycles. The number of aldehydes is 1. The van der Waals surface area contributed by atoms with E-state index in [-0.39, 0.29) is 23.4 Å². The van der Waals surface area contributed by atoms with Crippen LogP contribution < -0.4 is 20.4 Å². The Hall–Kier alpha value is -5.13. The molecule has 1 aromatic heterocycles. The van der Waals surface area contributed by atoms with Crippen LogP contribution in [-0.2, 0) is 24.0 Å². The monoisotopic (exact) mass is 517 g/mol. The Morgan fingerprint density at radius 1 is 1.05 bits per heavy atom. The van der Waals surface area contributed by atoms with Crippen LogP contribution >= 0.6 is 0 Å². The van der Waals surface area contributed by atoms with Gasteiger partial charge in [-0.25, -0.2) is 0 Å². The Balaban J connectivity index is 1.67. The predicted molar refractivity (Wildman–Crippen MR) is 135 cm³/mol. The number of hydrogen-bond acceptors (Lipinski definition) is 7. The van der Waals surface area contributed by atoms with Crippen molar-refractivity contribution >= 4 is 58.0 Å². The van der Waals surface area contributed by atoms with Gasteiger partial charge in [0.2, 0.25) is 11.8 Å². The molecule has 0 saturated carbocycles. The fourth-order valence-electron chi connectivity index (χ4n) is 4.26. The summed E-state index contributed by atoms with van der Waals surface area (Å²) in [4.78, 5) is 80.8. The normalized spacial score (nSPS) is 15.4. The highest BCUT2D eigenvalue weighted by Gasteiger charge is 2.42. The fraction of sp³-hybridized carbons (Fsp3) is 0.192. The summed E-state index contributed by atoms with van der Waals surface area (Å²) in [5.41, 5.74) is 0.531. The maximum absolute atomic E-state index is 13.7. The van der Waals surface area contributed by atoms with Crippen molar-refractivity contribution in [3.63, 3.8) is 0 Å². The van der Waals surface area contributed by atoms with Gasteiger partial charge >= 0.3 is 5.97 Å². The van der Waals surface area contributed by atoms with E-state index >= 15 is 0 Å². The summed E-state index contributed by atoms with van der Waals surface area (Å²) < 4.78 is 0. The van der Waals surface area contributed by atoms with E-state index in [0.717, 1.165) is 15.2 Å². The molecular weight excluding hydrogens is 494 g/mol. The van der Waals surface area contributed by atoms with E-state index in [2.05, 4.69) is 15.6 Å². The fourth-order valence-corrected chi connectivity index (χ4v) is 4.26. The molecule has 12 nitrogen and oxygen atoms in total. The largest absolute Gasteiger partial charge is 0.481 e. The topological polar surface area (TPSA) is 166 Å². The number of para-hydroxylation sites is 2. The molecule has 2 heterocycles. The Morgan fingerprint density at radius 3 is 2.42 bits per heavy atom. The number of carbonyl (C=O) groups is 6. The first-order valence-electron chi connectivity index (χ1n) is 11.5. The number of nitrogens with zero attached hydrogens (tertiary/aromatic N) is 3. The number of carbonyl (C=O) groups excluding carboxylic acids is 5. The molecule has 194 valence electrons. The highest BCUT2D eigenvalue weighted by atomic mass is 16.4. The molecule has 1 unspecified atom stereocenters. The summed E-state index contributed by atoms with van der Waals surface area (Å²) in [5.74, 6) is -4.12. The Morgan fingerprint density at radius 2 is 1.74 bits per heavy atom. The van der Waals surface area contributed by atoms with Crippen molar-refractivity contribution in [2.75, 3.05) is 16.3 Å². The predicted octanol–water partition coefficient (Wildman–Crippen LogP) is 0.849. The summed E-state index contributed by atoms with van der Waals surface area (Å²) >= 11 is 0. The second-order valence-corrected chi connectivity index (χ2v) is 8.47. The van der Waals surface area contributed by atoms with Crippen LogP contribution in [0.25, 0.3) is 10.8 Å². The zero-order chi connectivity index (χ0) is 27.4. The van der Waals surface area contributed by atoms with Gasteiger partial charge in [0.25, 0.3) is 11.8 Å². The molecular formula is C26H23N5O7. The molecule has 1 aliphatic rings. The van der Waals surface area contributed by atoms with E-state index in [0.29, 0.717) is 5.39 Å². The standard InChI is InChI=1S/C26H23N5O7/c1-15(33)31-20-9-5-4-8-19(20)30(13-21(34)28-17(14-32)12-22(35)36)26(38)24(31)29-25(37)23-18-7-3-2-6-16(18)10-11-27-23/h2-11,14,17,24H,12-13H2,1H3,(H,28,34)(H,29,37)(H,35,36)/t17-,24?/m0/s1. The number of pyridine rings is 1. The smallest absolute Gasteiger partial charge is 0.305 e. The Bertz CT molecular complexity index is 1450. The molecule has 38 heavy (non-hydrogen) atoms. The van der Waals surface area contributed by atoms with Gasteiger partial charge in [-0.3, -0.25) is 38.8 Å². The third-order valence-electron chi connectivity index (χ3n) is 5.89. The SMILES string of the molecule is CC(=O)N1c2ccccc2N(CC(=O)N[C@H](C=O)CC(=O)O)C(=O)C1NC(=O)c1nccc2ccccc12. The van der Waals surface area contributed by atoms with E-state index in [4.69, 9.17) is 5.11 Å². The lowest BCUT2D eigenvalue weighted by Crippen LogP contribution is -2.63. The molecule has 4 rings (SSSR count). The first kappa shape index (κ1) is 25.9. The molecule has 0 radical (unpaired) electrons. The van der Waals surface area contributed by atoms with Crippen molar-refractivity contribution in [2.45, 2.75) is 25.6 Å². The number of hydrogen-bond donors (Lipinski definition) is 3. The van der Waals surface area contributed by atoms with Gasteiger partial charge in [0.1, 0.15) is 18.5 Å². The van der Waals surface area contributed by atoms with Gasteiger partial charge in [-0.15, -0.1) is 0 Å². The molecule has 4 amide bonds. The third kappa shape index (κ3) is 5.19. The van der Waals surface area contributed by atoms with Gasteiger partial charge < -0.3 is 20.5 Å². The molecule has 3 aromatic rings. The number of fused-ring (bicyclic) bond motifs is 2. The highest BCUT2D eigenvalue weighted by molar-refractivity contribution is 6.16. The van der Waals surface area contributed by atoms with E-state index in [1.165, 1.54) is 19.2 Å². The highest BCUT2D eigenvalue weighted by Crippen LogP contribution is 2.35. The van der Waals surface area contributed by atoms with Crippen LogP contribution in [0, 0.1) is 0 Å². The van der Waals surface area contributed by atoms with Crippen molar-refractivity contribution in [3.05, 3.63) is 66.5 Å². The quantitative estimate of drug-likeness (QED) is 0.370. The van der Waals surface area contributed by atoms with Crippen LogP contribution in [0.5, 0.6) is 0 Å². The van der Waals surface area contributed by atoms with Crippen molar-refractivity contribution in [1.29, 1.82) is 0 Å². The van der Waals surface area contributed by atoms with Crippen molar-refractivity contribution in [3.8, 4) is 0 Å². The minimum atomic E-state index is -1.51. The zero-order valence-electron chi connectivity index (χ0n) is 20.2. The third-order valence-corrected chi connectivity index (χ3v) is 5.89. The summed E-state index contributed by atoms with van der Waals surface area (Å²) in [6, 6.07) is 13.8. The maximum Gasteiger partial charge on any atom is 0.305 e. The number of amides is 4. The first-order chi connectivity index (χ1) is 18.2. The Labute approximate surface area is 216 Å². The van der Waals surface area contributed by atoms with Crippen molar-refractivity contribution in [2.24, 2.45) is 0 Å². The lowest BCUT2D eigenvalue weighted by molar-refractivity contribution is -0.138. The van der Waals surface area contributed by atoms with Crippen LogP contribution in [0.4, 0.5) is 11.4 Å². The van der Waals surface area contributed by atoms with Gasteiger partial charge in [-0.1, -0.05) is 36.4 Å². The molecule has 3 N–H and O–H groups in total. The van der Waals surface area contributed by atoms with Crippen LogP contribution in [0.15, 0.2) is 60.8 Å². The lowest BCUT2D eigenvalue weighted by atomic mass is 10.1. The van der Waals surface area contributed by atoms with E-state index < -0.39 is 54.8 Å². The number of aliphatic carboxylic acids is 1. The number of carboxylic acid groups (broad SMARTS) is 1. The van der Waals surface area contributed by atoms with Gasteiger partial charge in [0.05, 0.1) is 23.8 Å². The molecule has 0 saturated heterocycles. The van der Waals surface area contributed by atoms with E-state index in [1.54, 1.807) is 48.5 Å². The summed E-state index contributed by atoms with van der Waals surface area (Å²) in [6.45, 7) is 0.646. The summed E-state index contributed by atoms with van der Waals surface area (Å²) in [7, 11) is 0. The maximum atomic E-state index is 13.7. The van der Waals surface area contributed by atoms with Gasteiger partial charge in [0, 0.05) is 18.5 Å². The van der Waals surface area contributed by atoms with Crippen LogP contribution in [0.2, 0.25) is 0 Å². The first-order valence-corrected chi connectivity index (χ1v) is 11.5. The number of carboxylic acids is 1. The van der Waals surface area contributed by atoms with Crippen molar-refractivity contribution in [1.82, 2.24) is 15.6 Å². The molecule has 2 atom stereocenters. The van der Waals surface area contributed by atoms with Gasteiger partial charge in [-0.2, -0.15) is 0 Å². The average molecular weight is 517 g/mol. The zero-order valence-corrected chi connectivity index (χ0v) is 20.2. The minimum Gasteiger partial charge on any atom is -0.481 e. The summed E-state index contributed by atoms with van der Waals surface area (Å²) in [6.07, 6.45) is -0.399. The van der Waals surface area contributed by atoms with Crippen LogP contribution in [0.1, 0.15) is 23.8 Å². The van der Waals surface area contributed by atoms with Crippen molar-refractivity contribution < 1.29 is 33.9 Å². The number of anilines is 2. The second kappa shape index (κ2) is 10.9. The number of benzene rings is 2. The van der Waals surface area contributed by atoms with Gasteiger partial charge in [-0.05, 0) is 23.6 Å². The second-order valence-electron chi connectivity index (χ2n) is 8.47.